The molecular formula is C18H16N4O3S. The number of nitrogens with one attached hydrogen (secondary N) is 1. The maximum atomic E-state index is 11.5. The minimum absolute atomic E-state index is 0.187. The van der Waals surface area contributed by atoms with Gasteiger partial charge in [0.15, 0.2) is 5.13 Å². The van der Waals surface area contributed by atoms with Gasteiger partial charge in [0, 0.05) is 11.6 Å². The maximum Gasteiger partial charge on any atom is 0.360 e. The molecule has 0 amide bonds. The number of aliphatic carboxylic acids is 1. The lowest BCUT2D eigenvalue weighted by Crippen LogP contribution is -2.15. The first-order valence-corrected chi connectivity index (χ1v) is 8.67. The lowest BCUT2D eigenvalue weighted by atomic mass is 10.2. The number of benzene rings is 1. The average molecular weight is 368 g/mol. The molecule has 3 rings (SSSR count). The predicted molar refractivity (Wildman–Crippen MR) is 99.1 cm³/mol. The molecule has 0 aliphatic heterocycles. The summed E-state index contributed by atoms with van der Waals surface area (Å²) < 4.78 is 0. The van der Waals surface area contributed by atoms with E-state index in [0.717, 1.165) is 11.3 Å². The van der Waals surface area contributed by atoms with Crippen molar-refractivity contribution in [1.82, 2.24) is 9.97 Å². The minimum Gasteiger partial charge on any atom is -0.476 e. The number of rotatable bonds is 8. The standard InChI is InChI=1S/C18H16N4O3S/c23-17(24)16(22-25-11-13-6-2-1-3-7-13)15-12-26-18(21-15)20-10-14-8-4-5-9-19-14/h1-9,12H,10-11H2,(H,20,21)(H,23,24)/b22-16-. The van der Waals surface area contributed by atoms with Crippen LogP contribution >= 0.6 is 11.3 Å². The lowest BCUT2D eigenvalue weighted by molar-refractivity contribution is -0.129. The van der Waals surface area contributed by atoms with Crippen LogP contribution in [0.1, 0.15) is 17.0 Å². The van der Waals surface area contributed by atoms with Crippen LogP contribution in [-0.2, 0) is 22.8 Å². The van der Waals surface area contributed by atoms with Gasteiger partial charge in [-0.05, 0) is 17.7 Å². The smallest absolute Gasteiger partial charge is 0.360 e. The fraction of sp³-hybridized carbons (Fsp3) is 0.111. The van der Waals surface area contributed by atoms with Gasteiger partial charge in [0.25, 0.3) is 0 Å². The van der Waals surface area contributed by atoms with Gasteiger partial charge >= 0.3 is 5.97 Å². The Balaban J connectivity index is 1.63. The Kier molecular flexibility index (Phi) is 5.89. The molecule has 3 aromatic rings. The lowest BCUT2D eigenvalue weighted by Gasteiger charge is -2.02. The summed E-state index contributed by atoms with van der Waals surface area (Å²) >= 11 is 1.29. The summed E-state index contributed by atoms with van der Waals surface area (Å²) in [6.07, 6.45) is 1.71. The number of carbonyl (C=O) groups is 1. The van der Waals surface area contributed by atoms with Crippen LogP contribution < -0.4 is 5.32 Å². The highest BCUT2D eigenvalue weighted by Gasteiger charge is 2.17. The zero-order valence-corrected chi connectivity index (χ0v) is 14.5. The van der Waals surface area contributed by atoms with Gasteiger partial charge in [-0.25, -0.2) is 9.78 Å². The quantitative estimate of drug-likeness (QED) is 0.468. The number of nitrogens with zero attached hydrogens (tertiary/aromatic N) is 3. The van der Waals surface area contributed by atoms with Crippen molar-refractivity contribution in [3.8, 4) is 0 Å². The summed E-state index contributed by atoms with van der Waals surface area (Å²) in [4.78, 5) is 25.1. The van der Waals surface area contributed by atoms with Gasteiger partial charge in [-0.2, -0.15) is 0 Å². The van der Waals surface area contributed by atoms with Crippen LogP contribution in [0.3, 0.4) is 0 Å². The molecule has 132 valence electrons. The van der Waals surface area contributed by atoms with E-state index in [0.29, 0.717) is 11.7 Å². The van der Waals surface area contributed by atoms with Crippen LogP contribution in [0.4, 0.5) is 5.13 Å². The summed E-state index contributed by atoms with van der Waals surface area (Å²) in [6.45, 7) is 0.685. The Bertz CT molecular complexity index is 882. The SMILES string of the molecule is O=C(O)/C(=N\OCc1ccccc1)c1csc(NCc2ccccn2)n1. The van der Waals surface area contributed by atoms with Crippen molar-refractivity contribution < 1.29 is 14.7 Å². The fourth-order valence-corrected chi connectivity index (χ4v) is 2.77. The second-order valence-electron chi connectivity index (χ2n) is 5.22. The molecule has 0 aliphatic carbocycles. The van der Waals surface area contributed by atoms with Gasteiger partial charge in [0.05, 0.1) is 12.2 Å². The number of hydrogen-bond donors (Lipinski definition) is 2. The third-order valence-corrected chi connectivity index (χ3v) is 4.13. The van der Waals surface area contributed by atoms with Crippen molar-refractivity contribution >= 4 is 28.1 Å². The molecule has 0 atom stereocenters. The van der Waals surface area contributed by atoms with E-state index in [-0.39, 0.29) is 18.0 Å². The first-order valence-electron chi connectivity index (χ1n) is 7.79. The molecule has 1 aromatic carbocycles. The van der Waals surface area contributed by atoms with Crippen molar-refractivity contribution in [2.75, 3.05) is 5.32 Å². The molecule has 0 bridgehead atoms. The summed E-state index contributed by atoms with van der Waals surface area (Å²) in [5, 5.41) is 18.4. The Labute approximate surface area is 154 Å². The monoisotopic (exact) mass is 368 g/mol. The highest BCUT2D eigenvalue weighted by molar-refractivity contribution is 7.14. The van der Waals surface area contributed by atoms with Crippen LogP contribution in [0, 0.1) is 0 Å². The number of thiazole rings is 1. The van der Waals surface area contributed by atoms with Crippen LogP contribution in [0.2, 0.25) is 0 Å². The van der Waals surface area contributed by atoms with E-state index in [1.807, 2.05) is 48.5 Å². The van der Waals surface area contributed by atoms with Gasteiger partial charge < -0.3 is 15.3 Å². The molecule has 7 nitrogen and oxygen atoms in total. The molecule has 26 heavy (non-hydrogen) atoms. The molecule has 0 aliphatic rings. The van der Waals surface area contributed by atoms with E-state index in [1.54, 1.807) is 11.6 Å². The first kappa shape index (κ1) is 17.6. The highest BCUT2D eigenvalue weighted by Crippen LogP contribution is 2.17. The van der Waals surface area contributed by atoms with Gasteiger partial charge in [-0.1, -0.05) is 41.6 Å². The van der Waals surface area contributed by atoms with Gasteiger partial charge in [-0.3, -0.25) is 4.98 Å². The summed E-state index contributed by atoms with van der Waals surface area (Å²) in [6, 6.07) is 15.0. The van der Waals surface area contributed by atoms with Crippen molar-refractivity contribution in [1.29, 1.82) is 0 Å². The fourth-order valence-electron chi connectivity index (χ4n) is 2.07. The molecule has 8 heteroatoms. The Morgan fingerprint density at radius 3 is 2.73 bits per heavy atom. The largest absolute Gasteiger partial charge is 0.476 e. The third-order valence-electron chi connectivity index (χ3n) is 3.33. The molecule has 0 saturated heterocycles. The van der Waals surface area contributed by atoms with Gasteiger partial charge in [-0.15, -0.1) is 11.3 Å². The molecule has 0 spiro atoms. The molecule has 2 N–H and O–H groups in total. The van der Waals surface area contributed by atoms with Crippen LogP contribution in [0.15, 0.2) is 65.3 Å². The van der Waals surface area contributed by atoms with E-state index in [4.69, 9.17) is 4.84 Å². The number of carboxylic acid groups (broad SMARTS) is 1. The Morgan fingerprint density at radius 1 is 1.19 bits per heavy atom. The van der Waals surface area contributed by atoms with Crippen LogP contribution in [0.25, 0.3) is 0 Å². The van der Waals surface area contributed by atoms with Gasteiger partial charge in [0.1, 0.15) is 12.3 Å². The summed E-state index contributed by atoms with van der Waals surface area (Å²) in [7, 11) is 0. The van der Waals surface area contributed by atoms with Crippen molar-refractivity contribution in [2.24, 2.45) is 5.16 Å². The van der Waals surface area contributed by atoms with Crippen molar-refractivity contribution in [3.05, 3.63) is 77.1 Å². The molecule has 2 heterocycles. The maximum absolute atomic E-state index is 11.5. The predicted octanol–water partition coefficient (Wildman–Crippen LogP) is 3.16. The highest BCUT2D eigenvalue weighted by atomic mass is 32.1. The zero-order chi connectivity index (χ0) is 18.2. The number of carboxylic acids is 1. The number of pyridine rings is 1. The van der Waals surface area contributed by atoms with Crippen molar-refractivity contribution in [3.63, 3.8) is 0 Å². The number of aromatic nitrogens is 2. The molecular weight excluding hydrogens is 352 g/mol. The van der Waals surface area contributed by atoms with Crippen LogP contribution in [0.5, 0.6) is 0 Å². The summed E-state index contributed by atoms with van der Waals surface area (Å²) in [5.74, 6) is -1.19. The molecule has 2 aromatic heterocycles. The van der Waals surface area contributed by atoms with Gasteiger partial charge in [0.2, 0.25) is 5.71 Å². The second kappa shape index (κ2) is 8.72. The van der Waals surface area contributed by atoms with Crippen LogP contribution in [-0.4, -0.2) is 26.8 Å². The second-order valence-corrected chi connectivity index (χ2v) is 6.07. The van der Waals surface area contributed by atoms with E-state index in [1.165, 1.54) is 11.3 Å². The minimum atomic E-state index is -1.19. The molecule has 0 unspecified atom stereocenters. The van der Waals surface area contributed by atoms with Crippen molar-refractivity contribution in [2.45, 2.75) is 13.2 Å². The number of oxime groups is 1. The van der Waals surface area contributed by atoms with E-state index < -0.39 is 5.97 Å². The van der Waals surface area contributed by atoms with E-state index in [9.17, 15) is 9.90 Å². The average Bonchev–Trinajstić information content (AvgIpc) is 3.13. The zero-order valence-electron chi connectivity index (χ0n) is 13.7. The Hall–Kier alpha value is -3.26. The number of hydrogen-bond acceptors (Lipinski definition) is 7. The molecule has 0 radical (unpaired) electrons. The Morgan fingerprint density at radius 2 is 2.00 bits per heavy atom. The molecule has 0 saturated carbocycles. The summed E-state index contributed by atoms with van der Waals surface area (Å²) in [5.41, 5.74) is 1.78. The third kappa shape index (κ3) is 4.87. The topological polar surface area (TPSA) is 96.7 Å². The van der Waals surface area contributed by atoms with E-state index >= 15 is 0 Å². The first-order chi connectivity index (χ1) is 12.7. The molecule has 0 fully saturated rings. The van der Waals surface area contributed by atoms with E-state index in [2.05, 4.69) is 20.4 Å². The normalized spacial score (nSPS) is 11.2. The number of anilines is 1.